The van der Waals surface area contributed by atoms with Crippen LogP contribution in [0.4, 0.5) is 18.9 Å². The van der Waals surface area contributed by atoms with Gasteiger partial charge in [0.1, 0.15) is 0 Å². The van der Waals surface area contributed by atoms with Crippen LogP contribution in [0.3, 0.4) is 0 Å². The van der Waals surface area contributed by atoms with Gasteiger partial charge in [-0.2, -0.15) is 4.39 Å². The van der Waals surface area contributed by atoms with Crippen molar-refractivity contribution in [1.82, 2.24) is 0 Å². The highest BCUT2D eigenvalue weighted by atomic mass is 19.2. The van der Waals surface area contributed by atoms with Crippen LogP contribution in [0, 0.1) is 17.5 Å². The molecule has 0 aromatic heterocycles. The van der Waals surface area contributed by atoms with E-state index in [1.807, 2.05) is 0 Å². The molecule has 0 saturated carbocycles. The Kier molecular flexibility index (Phi) is 4.16. The fourth-order valence-corrected chi connectivity index (χ4v) is 1.99. The summed E-state index contributed by atoms with van der Waals surface area (Å²) in [6.45, 7) is 1.12. The van der Waals surface area contributed by atoms with Gasteiger partial charge in [-0.1, -0.05) is 30.3 Å². The number of benzene rings is 2. The van der Waals surface area contributed by atoms with E-state index in [1.54, 1.807) is 18.2 Å². The number of anilines is 1. The predicted molar refractivity (Wildman–Crippen MR) is 72.6 cm³/mol. The number of nitrogens with one attached hydrogen (secondary N) is 1. The Morgan fingerprint density at radius 3 is 2.19 bits per heavy atom. The van der Waals surface area contributed by atoms with E-state index in [1.165, 1.54) is 12.1 Å². The van der Waals surface area contributed by atoms with Crippen LogP contribution in [0.5, 0.6) is 5.75 Å². The molecule has 1 amide bonds. The Hall–Kier alpha value is -2.50. The van der Waals surface area contributed by atoms with Crippen LogP contribution in [0.15, 0.2) is 30.3 Å². The summed E-state index contributed by atoms with van der Waals surface area (Å²) in [5.74, 6) is -5.41. The third-order valence-electron chi connectivity index (χ3n) is 2.85. The van der Waals surface area contributed by atoms with Crippen molar-refractivity contribution in [3.63, 3.8) is 0 Å². The maximum Gasteiger partial charge on any atom is 0.221 e. The summed E-state index contributed by atoms with van der Waals surface area (Å²) in [4.78, 5) is 11.2. The minimum atomic E-state index is -1.49. The first-order valence-electron chi connectivity index (χ1n) is 6.04. The summed E-state index contributed by atoms with van der Waals surface area (Å²) in [7, 11) is 1.04. The number of amides is 1. The number of methoxy groups -OCH3 is 1. The molecule has 0 aliphatic rings. The van der Waals surface area contributed by atoms with Crippen LogP contribution >= 0.6 is 0 Å². The van der Waals surface area contributed by atoms with Crippen LogP contribution in [0.1, 0.15) is 6.92 Å². The molecule has 1 N–H and O–H groups in total. The van der Waals surface area contributed by atoms with Crippen LogP contribution in [-0.2, 0) is 4.79 Å². The van der Waals surface area contributed by atoms with Crippen LogP contribution in [-0.4, -0.2) is 13.0 Å². The number of carbonyl (C=O) groups excluding carboxylic acids is 1. The van der Waals surface area contributed by atoms with Gasteiger partial charge < -0.3 is 10.1 Å². The number of rotatable bonds is 3. The van der Waals surface area contributed by atoms with Crippen molar-refractivity contribution in [3.8, 4) is 16.9 Å². The molecule has 0 radical (unpaired) electrons. The van der Waals surface area contributed by atoms with Gasteiger partial charge in [0, 0.05) is 12.5 Å². The zero-order chi connectivity index (χ0) is 15.6. The topological polar surface area (TPSA) is 38.3 Å². The molecule has 21 heavy (non-hydrogen) atoms. The van der Waals surface area contributed by atoms with E-state index in [0.717, 1.165) is 14.0 Å². The van der Waals surface area contributed by atoms with E-state index in [4.69, 9.17) is 0 Å². The first kappa shape index (κ1) is 14.9. The van der Waals surface area contributed by atoms with Gasteiger partial charge in [-0.3, -0.25) is 4.79 Å². The quantitative estimate of drug-likeness (QED) is 0.876. The average Bonchev–Trinajstić information content (AvgIpc) is 2.46. The summed E-state index contributed by atoms with van der Waals surface area (Å²) in [5.41, 5.74) is -0.526. The number of ether oxygens (including phenoxy) is 1. The first-order chi connectivity index (χ1) is 9.97. The average molecular weight is 295 g/mol. The lowest BCUT2D eigenvalue weighted by Crippen LogP contribution is -2.12. The molecular formula is C15H12F3NO2. The van der Waals surface area contributed by atoms with Crippen LogP contribution in [0.2, 0.25) is 0 Å². The molecule has 110 valence electrons. The second-order valence-corrected chi connectivity index (χ2v) is 4.27. The Morgan fingerprint density at radius 1 is 1.05 bits per heavy atom. The standard InChI is InChI=1S/C15H12F3NO2/c1-8(20)19-14-10(9-6-4-3-5-7-9)11(16)15(21-2)13(18)12(14)17/h3-7H,1-2H3,(H,19,20). The van der Waals surface area contributed by atoms with Gasteiger partial charge in [-0.05, 0) is 5.56 Å². The van der Waals surface area contributed by atoms with E-state index < -0.39 is 34.8 Å². The summed E-state index contributed by atoms with van der Waals surface area (Å²) in [6, 6.07) is 7.94. The minimum absolute atomic E-state index is 0.262. The van der Waals surface area contributed by atoms with Crippen molar-refractivity contribution < 1.29 is 22.7 Å². The van der Waals surface area contributed by atoms with Gasteiger partial charge >= 0.3 is 0 Å². The smallest absolute Gasteiger partial charge is 0.221 e. The minimum Gasteiger partial charge on any atom is -0.491 e. The molecule has 0 saturated heterocycles. The molecule has 0 atom stereocenters. The summed E-state index contributed by atoms with van der Waals surface area (Å²) in [6.07, 6.45) is 0. The van der Waals surface area contributed by atoms with Crippen LogP contribution < -0.4 is 10.1 Å². The number of hydrogen-bond donors (Lipinski definition) is 1. The van der Waals surface area contributed by atoms with Crippen molar-refractivity contribution in [2.45, 2.75) is 6.92 Å². The molecular weight excluding hydrogens is 283 g/mol. The summed E-state index contributed by atoms with van der Waals surface area (Å²) < 4.78 is 46.9. The SMILES string of the molecule is COc1c(F)c(F)c(NC(C)=O)c(-c2ccccc2)c1F. The zero-order valence-electron chi connectivity index (χ0n) is 11.3. The molecule has 0 aliphatic carbocycles. The van der Waals surface area contributed by atoms with Crippen molar-refractivity contribution in [1.29, 1.82) is 0 Å². The largest absolute Gasteiger partial charge is 0.491 e. The maximum atomic E-state index is 14.4. The number of carbonyl (C=O) groups is 1. The second-order valence-electron chi connectivity index (χ2n) is 4.27. The number of hydrogen-bond acceptors (Lipinski definition) is 2. The van der Waals surface area contributed by atoms with Gasteiger partial charge in [-0.15, -0.1) is 0 Å². The van der Waals surface area contributed by atoms with Crippen molar-refractivity contribution in [2.24, 2.45) is 0 Å². The number of halogens is 3. The lowest BCUT2D eigenvalue weighted by molar-refractivity contribution is -0.114. The summed E-state index contributed by atoms with van der Waals surface area (Å²) >= 11 is 0. The molecule has 0 unspecified atom stereocenters. The highest BCUT2D eigenvalue weighted by molar-refractivity contribution is 5.95. The van der Waals surface area contributed by atoms with Crippen LogP contribution in [0.25, 0.3) is 11.1 Å². The van der Waals surface area contributed by atoms with E-state index >= 15 is 0 Å². The maximum absolute atomic E-state index is 14.4. The Labute approximate surface area is 119 Å². The predicted octanol–water partition coefficient (Wildman–Crippen LogP) is 3.74. The zero-order valence-corrected chi connectivity index (χ0v) is 11.3. The fourth-order valence-electron chi connectivity index (χ4n) is 1.99. The molecule has 2 rings (SSSR count). The van der Waals surface area contributed by atoms with Gasteiger partial charge in [-0.25, -0.2) is 8.78 Å². The Morgan fingerprint density at radius 2 is 1.67 bits per heavy atom. The van der Waals surface area contributed by atoms with E-state index in [2.05, 4.69) is 10.1 Å². The normalized spacial score (nSPS) is 10.3. The van der Waals surface area contributed by atoms with E-state index in [-0.39, 0.29) is 11.1 Å². The van der Waals surface area contributed by atoms with Crippen molar-refractivity contribution in [2.75, 3.05) is 12.4 Å². The molecule has 2 aromatic carbocycles. The molecule has 0 heterocycles. The van der Waals surface area contributed by atoms with Gasteiger partial charge in [0.15, 0.2) is 17.4 Å². The van der Waals surface area contributed by atoms with Gasteiger partial charge in [0.25, 0.3) is 0 Å². The molecule has 0 bridgehead atoms. The van der Waals surface area contributed by atoms with Crippen molar-refractivity contribution in [3.05, 3.63) is 47.8 Å². The Balaban J connectivity index is 2.82. The highest BCUT2D eigenvalue weighted by Crippen LogP contribution is 2.40. The lowest BCUT2D eigenvalue weighted by Gasteiger charge is -2.16. The first-order valence-corrected chi connectivity index (χ1v) is 6.04. The monoisotopic (exact) mass is 295 g/mol. The van der Waals surface area contributed by atoms with Crippen molar-refractivity contribution >= 4 is 11.6 Å². The molecule has 0 aliphatic heterocycles. The lowest BCUT2D eigenvalue weighted by atomic mass is 10.0. The van der Waals surface area contributed by atoms with Gasteiger partial charge in [0.2, 0.25) is 11.7 Å². The van der Waals surface area contributed by atoms with E-state index in [9.17, 15) is 18.0 Å². The second kappa shape index (κ2) is 5.87. The van der Waals surface area contributed by atoms with Gasteiger partial charge in [0.05, 0.1) is 12.8 Å². The third-order valence-corrected chi connectivity index (χ3v) is 2.85. The van der Waals surface area contributed by atoms with E-state index in [0.29, 0.717) is 0 Å². The molecule has 2 aromatic rings. The molecule has 3 nitrogen and oxygen atoms in total. The molecule has 0 spiro atoms. The molecule has 6 heteroatoms. The fraction of sp³-hybridized carbons (Fsp3) is 0.133. The third kappa shape index (κ3) is 2.69. The highest BCUT2D eigenvalue weighted by Gasteiger charge is 2.27. The summed E-state index contributed by atoms with van der Waals surface area (Å²) in [5, 5.41) is 2.12. The molecule has 0 fully saturated rings. The Bertz CT molecular complexity index is 687.